The van der Waals surface area contributed by atoms with Gasteiger partial charge < -0.3 is 10.0 Å². The number of hydrogen-bond acceptors (Lipinski definition) is 3. The van der Waals surface area contributed by atoms with Crippen molar-refractivity contribution in [2.75, 3.05) is 0 Å². The fourth-order valence-corrected chi connectivity index (χ4v) is 3.59. The number of likely N-dealkylation sites (tertiary alicyclic amines) is 1. The molecule has 20 heavy (non-hydrogen) atoms. The van der Waals surface area contributed by atoms with Crippen LogP contribution in [0.25, 0.3) is 0 Å². The molecule has 1 amide bonds. The van der Waals surface area contributed by atoms with Gasteiger partial charge in [0.2, 0.25) is 0 Å². The van der Waals surface area contributed by atoms with Gasteiger partial charge in [0.1, 0.15) is 11.7 Å². The van der Waals surface area contributed by atoms with Crippen molar-refractivity contribution in [2.24, 2.45) is 5.92 Å². The van der Waals surface area contributed by atoms with E-state index in [0.717, 1.165) is 25.7 Å². The van der Waals surface area contributed by atoms with E-state index in [0.29, 0.717) is 18.0 Å². The molecule has 5 heteroatoms. The van der Waals surface area contributed by atoms with Crippen LogP contribution < -0.4 is 0 Å². The Labute approximate surface area is 117 Å². The molecule has 1 aliphatic heterocycles. The Hall–Kier alpha value is -1.91. The minimum atomic E-state index is -0.899. The molecule has 5 nitrogen and oxygen atoms in total. The molecule has 0 aromatic carbocycles. The SMILES string of the molecule is O=C(O)[C@@H]1C[C@@H]2CCCC[C@H]2N1C(=O)c1ccccn1. The summed E-state index contributed by atoms with van der Waals surface area (Å²) in [6, 6.07) is 4.53. The minimum Gasteiger partial charge on any atom is -0.480 e. The first-order chi connectivity index (χ1) is 9.68. The summed E-state index contributed by atoms with van der Waals surface area (Å²) >= 11 is 0. The monoisotopic (exact) mass is 274 g/mol. The minimum absolute atomic E-state index is 0.0688. The number of carboxylic acids is 1. The van der Waals surface area contributed by atoms with E-state index in [4.69, 9.17) is 0 Å². The number of aromatic nitrogens is 1. The molecule has 1 saturated carbocycles. The molecule has 2 heterocycles. The summed E-state index contributed by atoms with van der Waals surface area (Å²) in [4.78, 5) is 29.7. The van der Waals surface area contributed by atoms with Gasteiger partial charge in [0.25, 0.3) is 5.91 Å². The second kappa shape index (κ2) is 5.23. The van der Waals surface area contributed by atoms with E-state index in [2.05, 4.69) is 4.98 Å². The molecule has 0 radical (unpaired) electrons. The number of nitrogens with zero attached hydrogens (tertiary/aromatic N) is 2. The highest BCUT2D eigenvalue weighted by Crippen LogP contribution is 2.40. The highest BCUT2D eigenvalue weighted by molar-refractivity contribution is 5.95. The number of carbonyl (C=O) groups excluding carboxylic acids is 1. The second-order valence-corrected chi connectivity index (χ2v) is 5.63. The van der Waals surface area contributed by atoms with Crippen LogP contribution in [0, 0.1) is 5.92 Å². The maximum Gasteiger partial charge on any atom is 0.326 e. The molecule has 1 N–H and O–H groups in total. The number of hydrogen-bond donors (Lipinski definition) is 1. The lowest BCUT2D eigenvalue weighted by Crippen LogP contribution is -2.46. The first kappa shape index (κ1) is 13.1. The Kier molecular flexibility index (Phi) is 3.42. The highest BCUT2D eigenvalue weighted by atomic mass is 16.4. The van der Waals surface area contributed by atoms with E-state index < -0.39 is 12.0 Å². The van der Waals surface area contributed by atoms with E-state index in [9.17, 15) is 14.7 Å². The lowest BCUT2D eigenvalue weighted by Gasteiger charge is -2.32. The van der Waals surface area contributed by atoms with E-state index in [1.165, 1.54) is 0 Å². The van der Waals surface area contributed by atoms with Crippen molar-refractivity contribution in [1.29, 1.82) is 0 Å². The van der Waals surface area contributed by atoms with Gasteiger partial charge in [-0.15, -0.1) is 0 Å². The van der Waals surface area contributed by atoms with Gasteiger partial charge in [-0.2, -0.15) is 0 Å². The van der Waals surface area contributed by atoms with Crippen LogP contribution in [0.4, 0.5) is 0 Å². The largest absolute Gasteiger partial charge is 0.480 e. The van der Waals surface area contributed by atoms with Crippen LogP contribution in [0.15, 0.2) is 24.4 Å². The molecule has 0 bridgehead atoms. The van der Waals surface area contributed by atoms with E-state index >= 15 is 0 Å². The van der Waals surface area contributed by atoms with Crippen LogP contribution in [-0.4, -0.2) is 39.0 Å². The van der Waals surface area contributed by atoms with Crippen LogP contribution in [0.1, 0.15) is 42.6 Å². The van der Waals surface area contributed by atoms with Gasteiger partial charge in [0.05, 0.1) is 0 Å². The van der Waals surface area contributed by atoms with Crippen molar-refractivity contribution >= 4 is 11.9 Å². The summed E-state index contributed by atoms with van der Waals surface area (Å²) in [5.74, 6) is -0.811. The summed E-state index contributed by atoms with van der Waals surface area (Å²) in [5, 5.41) is 9.41. The van der Waals surface area contributed by atoms with Crippen LogP contribution in [0.2, 0.25) is 0 Å². The third-order valence-corrected chi connectivity index (χ3v) is 4.49. The number of aliphatic carboxylic acids is 1. The summed E-state index contributed by atoms with van der Waals surface area (Å²) in [6.45, 7) is 0. The van der Waals surface area contributed by atoms with Crippen molar-refractivity contribution < 1.29 is 14.7 Å². The van der Waals surface area contributed by atoms with E-state index in [1.54, 1.807) is 29.3 Å². The summed E-state index contributed by atoms with van der Waals surface area (Å²) in [7, 11) is 0. The molecule has 1 aliphatic carbocycles. The van der Waals surface area contributed by atoms with Gasteiger partial charge in [-0.3, -0.25) is 9.78 Å². The Morgan fingerprint density at radius 2 is 2.05 bits per heavy atom. The fraction of sp³-hybridized carbons (Fsp3) is 0.533. The third kappa shape index (κ3) is 2.17. The van der Waals surface area contributed by atoms with Crippen molar-refractivity contribution in [2.45, 2.75) is 44.2 Å². The molecule has 106 valence electrons. The maximum absolute atomic E-state index is 12.6. The van der Waals surface area contributed by atoms with E-state index in [-0.39, 0.29) is 11.9 Å². The van der Waals surface area contributed by atoms with Crippen molar-refractivity contribution in [1.82, 2.24) is 9.88 Å². The topological polar surface area (TPSA) is 70.5 Å². The predicted molar refractivity (Wildman–Crippen MR) is 72.2 cm³/mol. The van der Waals surface area contributed by atoms with Crippen molar-refractivity contribution in [3.63, 3.8) is 0 Å². The smallest absolute Gasteiger partial charge is 0.326 e. The summed E-state index contributed by atoms with van der Waals surface area (Å²) in [6.07, 6.45) is 6.29. The summed E-state index contributed by atoms with van der Waals surface area (Å²) < 4.78 is 0. The zero-order chi connectivity index (χ0) is 14.1. The lowest BCUT2D eigenvalue weighted by molar-refractivity contribution is -0.141. The van der Waals surface area contributed by atoms with Crippen molar-refractivity contribution in [3.05, 3.63) is 30.1 Å². The lowest BCUT2D eigenvalue weighted by atomic mass is 9.84. The molecule has 0 unspecified atom stereocenters. The van der Waals surface area contributed by atoms with Crippen LogP contribution in [0.3, 0.4) is 0 Å². The second-order valence-electron chi connectivity index (χ2n) is 5.63. The van der Waals surface area contributed by atoms with Gasteiger partial charge >= 0.3 is 5.97 Å². The van der Waals surface area contributed by atoms with Gasteiger partial charge in [0, 0.05) is 12.2 Å². The molecule has 2 aliphatic rings. The zero-order valence-electron chi connectivity index (χ0n) is 11.2. The number of fused-ring (bicyclic) bond motifs is 1. The Bertz CT molecular complexity index is 517. The highest BCUT2D eigenvalue weighted by Gasteiger charge is 2.47. The third-order valence-electron chi connectivity index (χ3n) is 4.49. The molecule has 1 saturated heterocycles. The molecular formula is C15H18N2O3. The molecule has 3 rings (SSSR count). The molecule has 3 atom stereocenters. The number of carboxylic acid groups (broad SMARTS) is 1. The number of pyridine rings is 1. The van der Waals surface area contributed by atoms with Gasteiger partial charge in [-0.25, -0.2) is 4.79 Å². The Balaban J connectivity index is 1.91. The van der Waals surface area contributed by atoms with Crippen LogP contribution in [0.5, 0.6) is 0 Å². The van der Waals surface area contributed by atoms with Crippen LogP contribution >= 0.6 is 0 Å². The number of carbonyl (C=O) groups is 2. The predicted octanol–water partition coefficient (Wildman–Crippen LogP) is 1.94. The normalized spacial score (nSPS) is 29.0. The molecular weight excluding hydrogens is 256 g/mol. The quantitative estimate of drug-likeness (QED) is 0.894. The Morgan fingerprint density at radius 1 is 1.25 bits per heavy atom. The van der Waals surface area contributed by atoms with E-state index in [1.807, 2.05) is 0 Å². The van der Waals surface area contributed by atoms with Crippen molar-refractivity contribution in [3.8, 4) is 0 Å². The maximum atomic E-state index is 12.6. The molecule has 0 spiro atoms. The molecule has 2 fully saturated rings. The zero-order valence-corrected chi connectivity index (χ0v) is 11.2. The van der Waals surface area contributed by atoms with Gasteiger partial charge in [0.15, 0.2) is 0 Å². The first-order valence-corrected chi connectivity index (χ1v) is 7.15. The van der Waals surface area contributed by atoms with Crippen LogP contribution in [-0.2, 0) is 4.79 Å². The fourth-order valence-electron chi connectivity index (χ4n) is 3.59. The Morgan fingerprint density at radius 3 is 2.75 bits per heavy atom. The molecule has 1 aromatic heterocycles. The average Bonchev–Trinajstić information content (AvgIpc) is 2.87. The molecule has 1 aromatic rings. The van der Waals surface area contributed by atoms with Gasteiger partial charge in [-0.05, 0) is 37.3 Å². The summed E-state index contributed by atoms with van der Waals surface area (Å²) in [5.41, 5.74) is 0.338. The first-order valence-electron chi connectivity index (χ1n) is 7.15. The average molecular weight is 274 g/mol. The number of amides is 1. The number of rotatable bonds is 2. The standard InChI is InChI=1S/C15H18N2O3/c18-14(11-6-3-4-8-16-11)17-12-7-2-1-5-10(12)9-13(17)15(19)20/h3-4,6,8,10,12-13H,1-2,5,7,9H2,(H,19,20)/t10-,12+,13-/m0/s1. The van der Waals surface area contributed by atoms with Gasteiger partial charge in [-0.1, -0.05) is 18.9 Å².